The molecule has 2 fully saturated rings. The standard InChI is InChI=1S/C32H36N4O2/c37-32(34-26-10-12-28(13-11-26)38-27-6-2-1-3-7-27)36-20-14-24(15-21-36)23-35-18-16-25(17-19-35)30-22-33-31-9-5-4-8-29(30)31/h1-13,22,24-25,33H,14-21,23H2,(H,34,37). The maximum Gasteiger partial charge on any atom is 0.321 e. The first-order valence-corrected chi connectivity index (χ1v) is 13.9. The van der Waals surface area contributed by atoms with E-state index in [4.69, 9.17) is 4.74 Å². The van der Waals surface area contributed by atoms with Gasteiger partial charge in [0.05, 0.1) is 0 Å². The first-order chi connectivity index (χ1) is 18.7. The van der Waals surface area contributed by atoms with Crippen molar-refractivity contribution in [3.05, 3.63) is 90.6 Å². The summed E-state index contributed by atoms with van der Waals surface area (Å²) in [5.74, 6) is 2.86. The summed E-state index contributed by atoms with van der Waals surface area (Å²) in [4.78, 5) is 20.9. The molecular formula is C32H36N4O2. The van der Waals surface area contributed by atoms with Crippen molar-refractivity contribution in [1.29, 1.82) is 0 Å². The van der Waals surface area contributed by atoms with Gasteiger partial charge in [-0.2, -0.15) is 0 Å². The zero-order valence-corrected chi connectivity index (χ0v) is 21.8. The summed E-state index contributed by atoms with van der Waals surface area (Å²) in [7, 11) is 0. The number of carbonyl (C=O) groups excluding carboxylic acids is 1. The summed E-state index contributed by atoms with van der Waals surface area (Å²) in [5.41, 5.74) is 3.52. The van der Waals surface area contributed by atoms with Crippen LogP contribution in [0.4, 0.5) is 10.5 Å². The minimum atomic E-state index is -0.0141. The summed E-state index contributed by atoms with van der Waals surface area (Å²) in [6, 6.07) is 25.9. The van der Waals surface area contributed by atoms with Crippen LogP contribution in [0.15, 0.2) is 85.1 Å². The van der Waals surface area contributed by atoms with Gasteiger partial charge in [0.2, 0.25) is 0 Å². The topological polar surface area (TPSA) is 60.6 Å². The second-order valence-corrected chi connectivity index (χ2v) is 10.7. The molecule has 2 saturated heterocycles. The van der Waals surface area contributed by atoms with Crippen LogP contribution >= 0.6 is 0 Å². The Morgan fingerprint density at radius 1 is 0.816 bits per heavy atom. The predicted molar refractivity (Wildman–Crippen MR) is 153 cm³/mol. The normalized spacial score (nSPS) is 17.5. The molecule has 3 heterocycles. The molecule has 0 unspecified atom stereocenters. The number of benzene rings is 3. The largest absolute Gasteiger partial charge is 0.457 e. The maximum absolute atomic E-state index is 12.9. The highest BCUT2D eigenvalue weighted by molar-refractivity contribution is 5.89. The number of nitrogens with one attached hydrogen (secondary N) is 2. The number of fused-ring (bicyclic) bond motifs is 1. The molecule has 196 valence electrons. The number of likely N-dealkylation sites (tertiary alicyclic amines) is 2. The first-order valence-electron chi connectivity index (χ1n) is 13.9. The molecule has 0 spiro atoms. The number of H-pyrrole nitrogens is 1. The Labute approximate surface area is 224 Å². The number of hydrogen-bond donors (Lipinski definition) is 2. The molecule has 0 bridgehead atoms. The fourth-order valence-corrected chi connectivity index (χ4v) is 5.98. The van der Waals surface area contributed by atoms with Crippen LogP contribution in [-0.4, -0.2) is 53.5 Å². The molecular weight excluding hydrogens is 472 g/mol. The Morgan fingerprint density at radius 3 is 2.26 bits per heavy atom. The van der Waals surface area contributed by atoms with Crippen molar-refractivity contribution in [1.82, 2.24) is 14.8 Å². The predicted octanol–water partition coefficient (Wildman–Crippen LogP) is 7.08. The van der Waals surface area contributed by atoms with Crippen molar-refractivity contribution < 1.29 is 9.53 Å². The number of hydrogen-bond acceptors (Lipinski definition) is 3. The number of carbonyl (C=O) groups is 1. The third-order valence-corrected chi connectivity index (χ3v) is 8.15. The Morgan fingerprint density at radius 2 is 1.50 bits per heavy atom. The van der Waals surface area contributed by atoms with Crippen molar-refractivity contribution in [2.75, 3.05) is 38.0 Å². The summed E-state index contributed by atoms with van der Waals surface area (Å²) < 4.78 is 5.84. The van der Waals surface area contributed by atoms with E-state index in [1.807, 2.05) is 59.5 Å². The van der Waals surface area contributed by atoms with E-state index >= 15 is 0 Å². The molecule has 0 radical (unpaired) electrons. The summed E-state index contributed by atoms with van der Waals surface area (Å²) in [6.07, 6.45) is 6.80. The summed E-state index contributed by atoms with van der Waals surface area (Å²) >= 11 is 0. The van der Waals surface area contributed by atoms with Crippen LogP contribution in [0.5, 0.6) is 11.5 Å². The maximum atomic E-state index is 12.9. The Hall–Kier alpha value is -3.77. The van der Waals surface area contributed by atoms with E-state index in [9.17, 15) is 4.79 Å². The Kier molecular flexibility index (Phi) is 7.31. The molecule has 6 rings (SSSR count). The van der Waals surface area contributed by atoms with Gasteiger partial charge in [0.1, 0.15) is 11.5 Å². The SMILES string of the molecule is O=C(Nc1ccc(Oc2ccccc2)cc1)N1CCC(CN2CCC(c3c[nH]c4ccccc34)CC2)CC1. The molecule has 6 heteroatoms. The molecule has 2 aliphatic heterocycles. The van der Waals surface area contributed by atoms with E-state index in [1.165, 1.54) is 29.3 Å². The summed E-state index contributed by atoms with van der Waals surface area (Å²) in [6.45, 7) is 5.11. The fraction of sp³-hybridized carbons (Fsp3) is 0.344. The lowest BCUT2D eigenvalue weighted by molar-refractivity contribution is 0.137. The second kappa shape index (κ2) is 11.3. The zero-order chi connectivity index (χ0) is 25.7. The lowest BCUT2D eigenvalue weighted by atomic mass is 9.88. The van der Waals surface area contributed by atoms with E-state index in [2.05, 4.69) is 45.7 Å². The number of piperidine rings is 2. The Bertz CT molecular complexity index is 1330. The number of urea groups is 1. The molecule has 2 N–H and O–H groups in total. The van der Waals surface area contributed by atoms with Gasteiger partial charge in [0.15, 0.2) is 0 Å². The summed E-state index contributed by atoms with van der Waals surface area (Å²) in [5, 5.41) is 4.43. The van der Waals surface area contributed by atoms with Gasteiger partial charge in [-0.25, -0.2) is 4.79 Å². The van der Waals surface area contributed by atoms with Gasteiger partial charge in [0.25, 0.3) is 0 Å². The molecule has 2 aliphatic rings. The van der Waals surface area contributed by atoms with Crippen molar-refractivity contribution in [3.63, 3.8) is 0 Å². The van der Waals surface area contributed by atoms with Gasteiger partial charge in [-0.15, -0.1) is 0 Å². The van der Waals surface area contributed by atoms with Crippen LogP contribution in [0.25, 0.3) is 10.9 Å². The fourth-order valence-electron chi connectivity index (χ4n) is 5.98. The second-order valence-electron chi connectivity index (χ2n) is 10.7. The monoisotopic (exact) mass is 508 g/mol. The molecule has 0 atom stereocenters. The van der Waals surface area contributed by atoms with Crippen LogP contribution in [0.1, 0.15) is 37.2 Å². The number of aromatic nitrogens is 1. The van der Waals surface area contributed by atoms with Gasteiger partial charge in [0, 0.05) is 42.4 Å². The molecule has 38 heavy (non-hydrogen) atoms. The average Bonchev–Trinajstić information content (AvgIpc) is 3.40. The number of rotatable bonds is 6. The molecule has 2 amide bonds. The van der Waals surface area contributed by atoms with E-state index in [-0.39, 0.29) is 6.03 Å². The van der Waals surface area contributed by atoms with Crippen molar-refractivity contribution in [2.24, 2.45) is 5.92 Å². The van der Waals surface area contributed by atoms with Gasteiger partial charge in [-0.1, -0.05) is 36.4 Å². The number of nitrogens with zero attached hydrogens (tertiary/aromatic N) is 2. The van der Waals surface area contributed by atoms with Crippen molar-refractivity contribution in [2.45, 2.75) is 31.6 Å². The quantitative estimate of drug-likeness (QED) is 0.292. The van der Waals surface area contributed by atoms with E-state index in [1.54, 1.807) is 0 Å². The molecule has 4 aromatic rings. The van der Waals surface area contributed by atoms with Gasteiger partial charge < -0.3 is 24.8 Å². The highest BCUT2D eigenvalue weighted by atomic mass is 16.5. The lowest BCUT2D eigenvalue weighted by Crippen LogP contribution is -2.44. The van der Waals surface area contributed by atoms with Crippen molar-refractivity contribution in [3.8, 4) is 11.5 Å². The van der Waals surface area contributed by atoms with Gasteiger partial charge in [-0.05, 0) is 98.6 Å². The minimum absolute atomic E-state index is 0.0141. The van der Waals surface area contributed by atoms with Crippen molar-refractivity contribution >= 4 is 22.6 Å². The molecule has 0 saturated carbocycles. The van der Waals surface area contributed by atoms with E-state index < -0.39 is 0 Å². The smallest absolute Gasteiger partial charge is 0.321 e. The van der Waals surface area contributed by atoms with Crippen LogP contribution in [0.2, 0.25) is 0 Å². The number of para-hydroxylation sites is 2. The highest BCUT2D eigenvalue weighted by Gasteiger charge is 2.27. The third-order valence-electron chi connectivity index (χ3n) is 8.15. The number of aromatic amines is 1. The minimum Gasteiger partial charge on any atom is -0.457 e. The van der Waals surface area contributed by atoms with Crippen LogP contribution in [0, 0.1) is 5.92 Å². The van der Waals surface area contributed by atoms with Crippen LogP contribution in [0.3, 0.4) is 0 Å². The molecule has 6 nitrogen and oxygen atoms in total. The molecule has 1 aromatic heterocycles. The first kappa shape index (κ1) is 24.6. The number of anilines is 1. The van der Waals surface area contributed by atoms with Crippen LogP contribution < -0.4 is 10.1 Å². The zero-order valence-electron chi connectivity index (χ0n) is 21.8. The third kappa shape index (κ3) is 5.70. The Balaban J connectivity index is 0.932. The average molecular weight is 509 g/mol. The van der Waals surface area contributed by atoms with Gasteiger partial charge >= 0.3 is 6.03 Å². The number of amides is 2. The highest BCUT2D eigenvalue weighted by Crippen LogP contribution is 2.34. The van der Waals surface area contributed by atoms with E-state index in [0.717, 1.165) is 62.8 Å². The lowest BCUT2D eigenvalue weighted by Gasteiger charge is -2.37. The molecule has 0 aliphatic carbocycles. The van der Waals surface area contributed by atoms with Gasteiger partial charge in [-0.3, -0.25) is 0 Å². The number of ether oxygens (including phenoxy) is 1. The van der Waals surface area contributed by atoms with Crippen LogP contribution in [-0.2, 0) is 0 Å². The molecule has 3 aromatic carbocycles. The van der Waals surface area contributed by atoms with E-state index in [0.29, 0.717) is 11.8 Å².